The molecule has 120 valence electrons. The lowest BCUT2D eigenvalue weighted by Gasteiger charge is -2.26. The Hall–Kier alpha value is -2.18. The predicted molar refractivity (Wildman–Crippen MR) is 88.2 cm³/mol. The number of morpholine rings is 1. The van der Waals surface area contributed by atoms with Crippen LogP contribution in [0.4, 0.5) is 11.6 Å². The highest BCUT2D eigenvalue weighted by Gasteiger charge is 2.19. The number of carbonyl (C=O) groups excluding carboxylic acids is 1. The van der Waals surface area contributed by atoms with E-state index in [0.29, 0.717) is 42.8 Å². The van der Waals surface area contributed by atoms with Crippen molar-refractivity contribution in [2.75, 3.05) is 31.6 Å². The number of ether oxygens (including phenoxy) is 1. The van der Waals surface area contributed by atoms with Crippen LogP contribution < -0.4 is 5.32 Å². The standard InChI is InChI=1S/C16H17ClN4O2/c1-11-2-3-13(8-14(11)17)20-16-18-9-12(10-19-16)15(22)21-4-6-23-7-5-21/h2-3,8-10H,4-7H2,1H3,(H,18,19,20). The molecule has 1 aromatic heterocycles. The zero-order valence-corrected chi connectivity index (χ0v) is 13.5. The smallest absolute Gasteiger partial charge is 0.257 e. The van der Waals surface area contributed by atoms with Gasteiger partial charge in [-0.05, 0) is 24.6 Å². The molecule has 0 aliphatic carbocycles. The molecule has 0 radical (unpaired) electrons. The first-order valence-electron chi connectivity index (χ1n) is 7.36. The summed E-state index contributed by atoms with van der Waals surface area (Å²) in [4.78, 5) is 22.4. The van der Waals surface area contributed by atoms with Gasteiger partial charge in [0.15, 0.2) is 0 Å². The van der Waals surface area contributed by atoms with Crippen LogP contribution in [0.5, 0.6) is 0 Å². The molecule has 7 heteroatoms. The van der Waals surface area contributed by atoms with E-state index in [-0.39, 0.29) is 5.91 Å². The molecule has 0 bridgehead atoms. The number of carbonyl (C=O) groups is 1. The minimum atomic E-state index is -0.0711. The average molecular weight is 333 g/mol. The van der Waals surface area contributed by atoms with Crippen molar-refractivity contribution in [3.05, 3.63) is 46.7 Å². The SMILES string of the molecule is Cc1ccc(Nc2ncc(C(=O)N3CCOCC3)cn2)cc1Cl. The van der Waals surface area contributed by atoms with Crippen LogP contribution in [-0.4, -0.2) is 47.1 Å². The first-order valence-corrected chi connectivity index (χ1v) is 7.73. The Morgan fingerprint density at radius 3 is 2.61 bits per heavy atom. The van der Waals surface area contributed by atoms with Crippen molar-refractivity contribution in [1.29, 1.82) is 0 Å². The van der Waals surface area contributed by atoms with E-state index in [9.17, 15) is 4.79 Å². The van der Waals surface area contributed by atoms with Gasteiger partial charge in [0.05, 0.1) is 18.8 Å². The molecule has 0 saturated carbocycles. The van der Waals surface area contributed by atoms with E-state index in [1.165, 1.54) is 12.4 Å². The van der Waals surface area contributed by atoms with Crippen molar-refractivity contribution in [3.8, 4) is 0 Å². The molecule has 1 saturated heterocycles. The van der Waals surface area contributed by atoms with Crippen molar-refractivity contribution in [2.24, 2.45) is 0 Å². The molecular weight excluding hydrogens is 316 g/mol. The molecule has 2 aromatic rings. The van der Waals surface area contributed by atoms with Gasteiger partial charge in [0.25, 0.3) is 5.91 Å². The fourth-order valence-corrected chi connectivity index (χ4v) is 2.43. The fraction of sp³-hybridized carbons (Fsp3) is 0.312. The maximum absolute atomic E-state index is 12.3. The summed E-state index contributed by atoms with van der Waals surface area (Å²) in [7, 11) is 0. The number of aromatic nitrogens is 2. The molecule has 1 aliphatic heterocycles. The van der Waals surface area contributed by atoms with E-state index in [4.69, 9.17) is 16.3 Å². The second kappa shape index (κ2) is 6.93. The zero-order valence-electron chi connectivity index (χ0n) is 12.8. The normalized spacial score (nSPS) is 14.6. The van der Waals surface area contributed by atoms with Gasteiger partial charge in [0.1, 0.15) is 0 Å². The topological polar surface area (TPSA) is 67.4 Å². The van der Waals surface area contributed by atoms with E-state index in [2.05, 4.69) is 15.3 Å². The molecule has 0 spiro atoms. The van der Waals surface area contributed by atoms with Crippen LogP contribution >= 0.6 is 11.6 Å². The molecule has 0 atom stereocenters. The average Bonchev–Trinajstić information content (AvgIpc) is 2.59. The summed E-state index contributed by atoms with van der Waals surface area (Å²) in [6.07, 6.45) is 3.06. The van der Waals surface area contributed by atoms with E-state index in [0.717, 1.165) is 11.3 Å². The number of anilines is 2. The number of nitrogens with zero attached hydrogens (tertiary/aromatic N) is 3. The van der Waals surface area contributed by atoms with Gasteiger partial charge in [-0.15, -0.1) is 0 Å². The summed E-state index contributed by atoms with van der Waals surface area (Å²) in [5.41, 5.74) is 2.27. The minimum absolute atomic E-state index is 0.0711. The Labute approximate surface area is 139 Å². The Kier molecular flexibility index (Phi) is 4.73. The monoisotopic (exact) mass is 332 g/mol. The highest BCUT2D eigenvalue weighted by atomic mass is 35.5. The molecular formula is C16H17ClN4O2. The van der Waals surface area contributed by atoms with Crippen molar-refractivity contribution in [2.45, 2.75) is 6.92 Å². The van der Waals surface area contributed by atoms with Crippen molar-refractivity contribution >= 4 is 29.1 Å². The fourth-order valence-electron chi connectivity index (χ4n) is 2.25. The van der Waals surface area contributed by atoms with E-state index in [1.807, 2.05) is 25.1 Å². The molecule has 3 rings (SSSR count). The molecule has 1 aromatic carbocycles. The van der Waals surface area contributed by atoms with Gasteiger partial charge in [0.2, 0.25) is 5.95 Å². The predicted octanol–water partition coefficient (Wildman–Crippen LogP) is 2.65. The molecule has 23 heavy (non-hydrogen) atoms. The molecule has 1 fully saturated rings. The highest BCUT2D eigenvalue weighted by Crippen LogP contribution is 2.21. The maximum Gasteiger partial charge on any atom is 0.257 e. The summed E-state index contributed by atoms with van der Waals surface area (Å²) in [6.45, 7) is 4.27. The number of amides is 1. The third kappa shape index (κ3) is 3.78. The number of hydrogen-bond acceptors (Lipinski definition) is 5. The zero-order chi connectivity index (χ0) is 16.2. The lowest BCUT2D eigenvalue weighted by molar-refractivity contribution is 0.0302. The third-order valence-electron chi connectivity index (χ3n) is 3.63. The quantitative estimate of drug-likeness (QED) is 0.936. The van der Waals surface area contributed by atoms with Crippen LogP contribution in [0.15, 0.2) is 30.6 Å². The first-order chi connectivity index (χ1) is 11.1. The minimum Gasteiger partial charge on any atom is -0.378 e. The van der Waals surface area contributed by atoms with Crippen LogP contribution in [0, 0.1) is 6.92 Å². The number of hydrogen-bond donors (Lipinski definition) is 1. The van der Waals surface area contributed by atoms with Gasteiger partial charge < -0.3 is 15.0 Å². The van der Waals surface area contributed by atoms with Gasteiger partial charge in [-0.1, -0.05) is 17.7 Å². The summed E-state index contributed by atoms with van der Waals surface area (Å²) in [5.74, 6) is 0.349. The lowest BCUT2D eigenvalue weighted by atomic mass is 10.2. The number of halogens is 1. The van der Waals surface area contributed by atoms with Gasteiger partial charge in [-0.3, -0.25) is 4.79 Å². The molecule has 2 heterocycles. The van der Waals surface area contributed by atoms with Gasteiger partial charge in [-0.25, -0.2) is 9.97 Å². The largest absolute Gasteiger partial charge is 0.378 e. The van der Waals surface area contributed by atoms with Crippen LogP contribution in [0.25, 0.3) is 0 Å². The molecule has 1 N–H and O–H groups in total. The Morgan fingerprint density at radius 1 is 1.26 bits per heavy atom. The van der Waals surface area contributed by atoms with Crippen molar-refractivity contribution < 1.29 is 9.53 Å². The summed E-state index contributed by atoms with van der Waals surface area (Å²) in [5, 5.41) is 3.74. The second-order valence-corrected chi connectivity index (χ2v) is 5.70. The first kappa shape index (κ1) is 15.7. The number of benzene rings is 1. The Bertz CT molecular complexity index is 700. The van der Waals surface area contributed by atoms with Gasteiger partial charge in [0, 0.05) is 36.2 Å². The molecule has 1 amide bonds. The van der Waals surface area contributed by atoms with Crippen LogP contribution in [0.3, 0.4) is 0 Å². The van der Waals surface area contributed by atoms with Crippen LogP contribution in [0.1, 0.15) is 15.9 Å². The van der Waals surface area contributed by atoms with Crippen LogP contribution in [-0.2, 0) is 4.74 Å². The Morgan fingerprint density at radius 2 is 1.96 bits per heavy atom. The number of aryl methyl sites for hydroxylation is 1. The molecule has 1 aliphatic rings. The highest BCUT2D eigenvalue weighted by molar-refractivity contribution is 6.31. The maximum atomic E-state index is 12.3. The Balaban J connectivity index is 1.68. The summed E-state index contributed by atoms with van der Waals surface area (Å²) in [6, 6.07) is 5.63. The number of rotatable bonds is 3. The van der Waals surface area contributed by atoms with Crippen molar-refractivity contribution in [3.63, 3.8) is 0 Å². The lowest BCUT2D eigenvalue weighted by Crippen LogP contribution is -2.40. The van der Waals surface area contributed by atoms with E-state index < -0.39 is 0 Å². The molecule has 6 nitrogen and oxygen atoms in total. The summed E-state index contributed by atoms with van der Waals surface area (Å²) < 4.78 is 5.24. The van der Waals surface area contributed by atoms with Gasteiger partial charge >= 0.3 is 0 Å². The van der Waals surface area contributed by atoms with Crippen LogP contribution in [0.2, 0.25) is 5.02 Å². The van der Waals surface area contributed by atoms with E-state index in [1.54, 1.807) is 4.90 Å². The number of nitrogens with one attached hydrogen (secondary N) is 1. The van der Waals surface area contributed by atoms with Gasteiger partial charge in [-0.2, -0.15) is 0 Å². The summed E-state index contributed by atoms with van der Waals surface area (Å²) >= 11 is 6.09. The molecule has 0 unspecified atom stereocenters. The second-order valence-electron chi connectivity index (χ2n) is 5.29. The van der Waals surface area contributed by atoms with E-state index >= 15 is 0 Å². The van der Waals surface area contributed by atoms with Crippen molar-refractivity contribution in [1.82, 2.24) is 14.9 Å². The third-order valence-corrected chi connectivity index (χ3v) is 4.03.